The van der Waals surface area contributed by atoms with E-state index < -0.39 is 6.10 Å². The quantitative estimate of drug-likeness (QED) is 0.872. The highest BCUT2D eigenvalue weighted by atomic mass is 16.4. The van der Waals surface area contributed by atoms with Gasteiger partial charge in [-0.05, 0) is 37.5 Å². The Hall–Kier alpha value is -0.900. The highest BCUT2D eigenvalue weighted by molar-refractivity contribution is 5.01. The van der Waals surface area contributed by atoms with E-state index in [9.17, 15) is 5.11 Å². The van der Waals surface area contributed by atoms with Crippen LogP contribution in [0.15, 0.2) is 4.42 Å². The Morgan fingerprint density at radius 2 is 2.06 bits per heavy atom. The Kier molecular flexibility index (Phi) is 3.76. The van der Waals surface area contributed by atoms with Gasteiger partial charge in [0.15, 0.2) is 0 Å². The van der Waals surface area contributed by atoms with Crippen LogP contribution in [0.3, 0.4) is 0 Å². The van der Waals surface area contributed by atoms with Gasteiger partial charge in [-0.3, -0.25) is 0 Å². The van der Waals surface area contributed by atoms with Crippen molar-refractivity contribution in [2.75, 3.05) is 0 Å². The molecule has 1 N–H and O–H groups in total. The van der Waals surface area contributed by atoms with Gasteiger partial charge in [-0.25, -0.2) is 0 Å². The van der Waals surface area contributed by atoms with Gasteiger partial charge in [0.1, 0.15) is 6.10 Å². The number of nitrogens with zero attached hydrogens (tertiary/aromatic N) is 2. The Balaban J connectivity index is 1.85. The number of aromatic nitrogens is 2. The van der Waals surface area contributed by atoms with Crippen molar-refractivity contribution in [2.45, 2.75) is 65.4 Å². The van der Waals surface area contributed by atoms with E-state index in [1.54, 1.807) is 6.92 Å². The van der Waals surface area contributed by atoms with Crippen LogP contribution in [-0.2, 0) is 0 Å². The zero-order valence-electron chi connectivity index (χ0n) is 11.8. The third-order valence-corrected chi connectivity index (χ3v) is 4.20. The topological polar surface area (TPSA) is 59.2 Å². The zero-order valence-corrected chi connectivity index (χ0v) is 11.8. The number of rotatable bonds is 5. The summed E-state index contributed by atoms with van der Waals surface area (Å²) in [7, 11) is 0. The first-order chi connectivity index (χ1) is 8.41. The number of hydrogen-bond acceptors (Lipinski definition) is 4. The maximum Gasteiger partial charge on any atom is 0.244 e. The molecule has 1 aliphatic carbocycles. The molecule has 102 valence electrons. The van der Waals surface area contributed by atoms with Crippen molar-refractivity contribution in [3.05, 3.63) is 11.8 Å². The van der Waals surface area contributed by atoms with Crippen molar-refractivity contribution < 1.29 is 9.52 Å². The van der Waals surface area contributed by atoms with Crippen molar-refractivity contribution >= 4 is 0 Å². The average molecular weight is 252 g/mol. The van der Waals surface area contributed by atoms with Crippen molar-refractivity contribution in [3.63, 3.8) is 0 Å². The lowest BCUT2D eigenvalue weighted by atomic mass is 9.67. The van der Waals surface area contributed by atoms with Crippen molar-refractivity contribution in [1.82, 2.24) is 10.2 Å². The summed E-state index contributed by atoms with van der Waals surface area (Å²) < 4.78 is 5.48. The third kappa shape index (κ3) is 2.91. The molecule has 1 heterocycles. The molecule has 0 aliphatic heterocycles. The lowest BCUT2D eigenvalue weighted by Gasteiger charge is -2.38. The fraction of sp³-hybridized carbons (Fsp3) is 0.857. The van der Waals surface area contributed by atoms with Gasteiger partial charge < -0.3 is 9.52 Å². The number of hydrogen-bond donors (Lipinski definition) is 1. The van der Waals surface area contributed by atoms with E-state index in [1.165, 1.54) is 12.8 Å². The summed E-state index contributed by atoms with van der Waals surface area (Å²) in [5.41, 5.74) is 0.440. The lowest BCUT2D eigenvalue weighted by molar-refractivity contribution is 0.135. The van der Waals surface area contributed by atoms with Crippen LogP contribution in [0.25, 0.3) is 0 Å². The summed E-state index contributed by atoms with van der Waals surface area (Å²) in [5, 5.41) is 17.3. The summed E-state index contributed by atoms with van der Waals surface area (Å²) in [5.74, 6) is 2.23. The molecule has 4 heteroatoms. The van der Waals surface area contributed by atoms with Crippen LogP contribution >= 0.6 is 0 Å². The molecule has 0 aromatic carbocycles. The summed E-state index contributed by atoms with van der Waals surface area (Å²) in [6.07, 6.45) is 4.12. The van der Waals surface area contributed by atoms with Gasteiger partial charge in [0.2, 0.25) is 11.8 Å². The molecule has 1 aromatic heterocycles. The van der Waals surface area contributed by atoms with Gasteiger partial charge in [-0.15, -0.1) is 10.2 Å². The minimum atomic E-state index is -0.666. The maximum atomic E-state index is 9.35. The van der Waals surface area contributed by atoms with Gasteiger partial charge in [-0.2, -0.15) is 0 Å². The van der Waals surface area contributed by atoms with Crippen LogP contribution in [0.1, 0.15) is 77.2 Å². The standard InChI is InChI=1S/C14H24N2O2/c1-5-14(3,4)8-10-6-11(7-10)13-16-15-12(18-13)9(2)17/h9-11,17H,5-8H2,1-4H3/t9-,10-,11+/m1/s1. The molecule has 1 aliphatic rings. The summed E-state index contributed by atoms with van der Waals surface area (Å²) >= 11 is 0. The van der Waals surface area contributed by atoms with E-state index in [0.29, 0.717) is 23.1 Å². The molecule has 1 fully saturated rings. The maximum absolute atomic E-state index is 9.35. The largest absolute Gasteiger partial charge is 0.422 e. The van der Waals surface area contributed by atoms with Gasteiger partial charge in [0.05, 0.1) is 0 Å². The predicted octanol–water partition coefficient (Wildman–Crippen LogP) is 3.44. The second-order valence-electron chi connectivity index (χ2n) is 6.41. The van der Waals surface area contributed by atoms with Crippen LogP contribution in [0.5, 0.6) is 0 Å². The molecule has 0 spiro atoms. The molecule has 0 unspecified atom stereocenters. The molecular weight excluding hydrogens is 228 g/mol. The normalized spacial score (nSPS) is 25.8. The first kappa shape index (κ1) is 13.5. The predicted molar refractivity (Wildman–Crippen MR) is 69.1 cm³/mol. The van der Waals surface area contributed by atoms with E-state index in [-0.39, 0.29) is 0 Å². The third-order valence-electron chi connectivity index (χ3n) is 4.20. The van der Waals surface area contributed by atoms with Crippen LogP contribution in [0.2, 0.25) is 0 Å². The summed E-state index contributed by atoms with van der Waals surface area (Å²) in [6.45, 7) is 8.56. The highest BCUT2D eigenvalue weighted by Gasteiger charge is 2.36. The molecule has 0 radical (unpaired) electrons. The lowest BCUT2D eigenvalue weighted by Crippen LogP contribution is -2.27. The molecule has 4 nitrogen and oxygen atoms in total. The van der Waals surface area contributed by atoms with Gasteiger partial charge in [0.25, 0.3) is 0 Å². The molecule has 0 saturated heterocycles. The van der Waals surface area contributed by atoms with Gasteiger partial charge in [0, 0.05) is 5.92 Å². The minimum absolute atomic E-state index is 0.335. The Morgan fingerprint density at radius 1 is 1.39 bits per heavy atom. The van der Waals surface area contributed by atoms with E-state index >= 15 is 0 Å². The van der Waals surface area contributed by atoms with E-state index in [1.807, 2.05) is 0 Å². The van der Waals surface area contributed by atoms with Crippen LogP contribution in [-0.4, -0.2) is 15.3 Å². The second kappa shape index (κ2) is 5.00. The second-order valence-corrected chi connectivity index (χ2v) is 6.41. The Bertz CT molecular complexity index is 392. The first-order valence-corrected chi connectivity index (χ1v) is 6.92. The van der Waals surface area contributed by atoms with E-state index in [4.69, 9.17) is 4.42 Å². The fourth-order valence-corrected chi connectivity index (χ4v) is 2.61. The fourth-order valence-electron chi connectivity index (χ4n) is 2.61. The van der Waals surface area contributed by atoms with Gasteiger partial charge >= 0.3 is 0 Å². The van der Waals surface area contributed by atoms with Crippen LogP contribution in [0.4, 0.5) is 0 Å². The minimum Gasteiger partial charge on any atom is -0.422 e. The van der Waals surface area contributed by atoms with Crippen molar-refractivity contribution in [3.8, 4) is 0 Å². The Morgan fingerprint density at radius 3 is 2.56 bits per heavy atom. The highest BCUT2D eigenvalue weighted by Crippen LogP contribution is 2.47. The molecule has 2 rings (SSSR count). The molecule has 0 amide bonds. The summed E-state index contributed by atoms with van der Waals surface area (Å²) in [6, 6.07) is 0. The van der Waals surface area contributed by atoms with Crippen molar-refractivity contribution in [1.29, 1.82) is 0 Å². The van der Waals surface area contributed by atoms with E-state index in [0.717, 1.165) is 18.8 Å². The zero-order chi connectivity index (χ0) is 13.3. The SMILES string of the molecule is CCC(C)(C)C[C@H]1C[C@@H](c2nnc([C@@H](C)O)o2)C1. The summed E-state index contributed by atoms with van der Waals surface area (Å²) in [4.78, 5) is 0. The van der Waals surface area contributed by atoms with Crippen LogP contribution < -0.4 is 0 Å². The number of aliphatic hydroxyl groups excluding tert-OH is 1. The Labute approximate surface area is 109 Å². The molecule has 1 atom stereocenters. The molecule has 0 bridgehead atoms. The molecule has 1 aromatic rings. The monoisotopic (exact) mass is 252 g/mol. The van der Waals surface area contributed by atoms with Crippen LogP contribution in [0, 0.1) is 11.3 Å². The van der Waals surface area contributed by atoms with Crippen molar-refractivity contribution in [2.24, 2.45) is 11.3 Å². The molecule has 18 heavy (non-hydrogen) atoms. The molecular formula is C14H24N2O2. The van der Waals surface area contributed by atoms with E-state index in [2.05, 4.69) is 31.0 Å². The number of aliphatic hydroxyl groups is 1. The smallest absolute Gasteiger partial charge is 0.244 e. The average Bonchev–Trinajstić information content (AvgIpc) is 2.72. The first-order valence-electron chi connectivity index (χ1n) is 6.92. The van der Waals surface area contributed by atoms with Gasteiger partial charge in [-0.1, -0.05) is 27.2 Å². The molecule has 1 saturated carbocycles.